The van der Waals surface area contributed by atoms with Crippen molar-refractivity contribution in [2.75, 3.05) is 21.3 Å². The molecule has 0 spiro atoms. The summed E-state index contributed by atoms with van der Waals surface area (Å²) < 4.78 is 0. The molecule has 0 aliphatic carbocycles. The Hall–Kier alpha value is -5.24. The van der Waals surface area contributed by atoms with E-state index in [2.05, 4.69) is 21.3 Å². The van der Waals surface area contributed by atoms with Crippen LogP contribution in [-0.2, 0) is 19.2 Å². The van der Waals surface area contributed by atoms with Gasteiger partial charge in [0.15, 0.2) is 0 Å². The highest BCUT2D eigenvalue weighted by molar-refractivity contribution is 6.05. The Morgan fingerprint density at radius 3 is 0.886 bits per heavy atom. The summed E-state index contributed by atoms with van der Waals surface area (Å²) in [4.78, 5) is 54.3. The van der Waals surface area contributed by atoms with Crippen LogP contribution in [-0.4, -0.2) is 23.6 Å². The van der Waals surface area contributed by atoms with Gasteiger partial charge in [-0.15, -0.1) is 0 Å². The van der Waals surface area contributed by atoms with E-state index in [1.165, 1.54) is 0 Å². The quantitative estimate of drug-likeness (QED) is 0.154. The van der Waals surface area contributed by atoms with Gasteiger partial charge in [0.2, 0.25) is 23.6 Å². The number of hydrogen-bond acceptors (Lipinski definition) is 4. The second kappa shape index (κ2) is 14.8. The van der Waals surface area contributed by atoms with Crippen molar-refractivity contribution in [3.63, 3.8) is 0 Å². The molecular weight excluding hydrogens is 552 g/mol. The highest BCUT2D eigenvalue weighted by Crippen LogP contribution is 2.26. The lowest BCUT2D eigenvalue weighted by Crippen LogP contribution is -2.40. The molecule has 4 amide bonds. The maximum absolute atomic E-state index is 13.8. The standard InChI is InChI=1S/C36H38N4O4/c1-23-5-13-27(14-6-23)37-33(41)21-31(35(43)39-29-17-9-25(3)10-18-29)32(36(44)40-30-19-11-26(4)12-20-30)22-34(42)38-28-15-7-24(2)8-16-28/h5-20,31-32H,21-22H2,1-4H3,(H,37,41)(H,38,42)(H,39,43)(H,40,44). The van der Waals surface area contributed by atoms with Crippen LogP contribution in [0.5, 0.6) is 0 Å². The first-order valence-electron chi connectivity index (χ1n) is 14.5. The van der Waals surface area contributed by atoms with E-state index in [0.717, 1.165) is 22.3 Å². The van der Waals surface area contributed by atoms with Crippen LogP contribution in [0, 0.1) is 39.5 Å². The maximum Gasteiger partial charge on any atom is 0.228 e. The minimum absolute atomic E-state index is 0.324. The van der Waals surface area contributed by atoms with Gasteiger partial charge in [-0.2, -0.15) is 0 Å². The van der Waals surface area contributed by atoms with E-state index in [0.29, 0.717) is 22.7 Å². The molecule has 4 aromatic carbocycles. The summed E-state index contributed by atoms with van der Waals surface area (Å²) in [7, 11) is 0. The van der Waals surface area contributed by atoms with E-state index >= 15 is 0 Å². The monoisotopic (exact) mass is 590 g/mol. The van der Waals surface area contributed by atoms with Crippen LogP contribution in [0.3, 0.4) is 0 Å². The van der Waals surface area contributed by atoms with Crippen LogP contribution in [0.2, 0.25) is 0 Å². The van der Waals surface area contributed by atoms with Crippen molar-refractivity contribution in [1.29, 1.82) is 0 Å². The van der Waals surface area contributed by atoms with Gasteiger partial charge in [-0.3, -0.25) is 19.2 Å². The topological polar surface area (TPSA) is 116 Å². The molecule has 8 heteroatoms. The van der Waals surface area contributed by atoms with Crippen molar-refractivity contribution in [3.05, 3.63) is 119 Å². The van der Waals surface area contributed by atoms with Gasteiger partial charge in [0, 0.05) is 35.6 Å². The van der Waals surface area contributed by atoms with Gasteiger partial charge in [0.25, 0.3) is 0 Å². The molecule has 2 unspecified atom stereocenters. The fraction of sp³-hybridized carbons (Fsp3) is 0.222. The Balaban J connectivity index is 1.64. The highest BCUT2D eigenvalue weighted by atomic mass is 16.2. The fourth-order valence-electron chi connectivity index (χ4n) is 4.68. The number of aryl methyl sites for hydroxylation is 4. The first kappa shape index (κ1) is 31.7. The zero-order valence-electron chi connectivity index (χ0n) is 25.4. The Kier molecular flexibility index (Phi) is 10.6. The fourth-order valence-corrected chi connectivity index (χ4v) is 4.68. The SMILES string of the molecule is Cc1ccc(NC(=O)CC(C(=O)Nc2ccc(C)cc2)C(CC(=O)Nc2ccc(C)cc2)C(=O)Nc2ccc(C)cc2)cc1. The minimum atomic E-state index is -1.17. The molecule has 8 nitrogen and oxygen atoms in total. The Bertz CT molecular complexity index is 1470. The van der Waals surface area contributed by atoms with Gasteiger partial charge >= 0.3 is 0 Å². The number of carbonyl (C=O) groups is 4. The lowest BCUT2D eigenvalue weighted by Gasteiger charge is -2.25. The van der Waals surface area contributed by atoms with Gasteiger partial charge in [-0.25, -0.2) is 0 Å². The van der Waals surface area contributed by atoms with Crippen LogP contribution in [0.15, 0.2) is 97.1 Å². The molecule has 226 valence electrons. The summed E-state index contributed by atoms with van der Waals surface area (Å²) in [5, 5.41) is 11.3. The predicted molar refractivity (Wildman–Crippen MR) is 175 cm³/mol. The summed E-state index contributed by atoms with van der Waals surface area (Å²) in [6.45, 7) is 7.75. The maximum atomic E-state index is 13.8. The number of hydrogen-bond donors (Lipinski definition) is 4. The molecule has 0 aliphatic rings. The number of rotatable bonds is 11. The molecule has 0 saturated heterocycles. The molecule has 4 N–H and O–H groups in total. The van der Waals surface area contributed by atoms with Crippen LogP contribution in [0.4, 0.5) is 22.7 Å². The third-order valence-electron chi connectivity index (χ3n) is 7.28. The molecule has 4 aromatic rings. The summed E-state index contributed by atoms with van der Waals surface area (Å²) in [6.07, 6.45) is -0.648. The van der Waals surface area contributed by atoms with Gasteiger partial charge in [0.05, 0.1) is 11.8 Å². The number of carbonyl (C=O) groups excluding carboxylic acids is 4. The lowest BCUT2D eigenvalue weighted by molar-refractivity contribution is -0.134. The van der Waals surface area contributed by atoms with Gasteiger partial charge in [-0.05, 0) is 76.2 Å². The molecular formula is C36H38N4O4. The molecule has 2 atom stereocenters. The van der Waals surface area contributed by atoms with E-state index in [1.54, 1.807) is 48.5 Å². The molecule has 0 heterocycles. The van der Waals surface area contributed by atoms with E-state index in [4.69, 9.17) is 0 Å². The van der Waals surface area contributed by atoms with Crippen molar-refractivity contribution in [1.82, 2.24) is 0 Å². The first-order chi connectivity index (χ1) is 21.0. The molecule has 0 aliphatic heterocycles. The normalized spacial score (nSPS) is 12.0. The Morgan fingerprint density at radius 1 is 0.409 bits per heavy atom. The molecule has 4 rings (SSSR count). The highest BCUT2D eigenvalue weighted by Gasteiger charge is 2.37. The predicted octanol–water partition coefficient (Wildman–Crippen LogP) is 6.79. The number of amides is 4. The Labute approximate surface area is 258 Å². The van der Waals surface area contributed by atoms with Gasteiger partial charge < -0.3 is 21.3 Å². The molecule has 44 heavy (non-hydrogen) atoms. The zero-order valence-corrected chi connectivity index (χ0v) is 25.4. The van der Waals surface area contributed by atoms with Crippen LogP contribution >= 0.6 is 0 Å². The van der Waals surface area contributed by atoms with E-state index in [1.807, 2.05) is 76.2 Å². The van der Waals surface area contributed by atoms with E-state index < -0.39 is 35.5 Å². The second-order valence-electron chi connectivity index (χ2n) is 11.2. The molecule has 0 fully saturated rings. The number of nitrogens with one attached hydrogen (secondary N) is 4. The summed E-state index contributed by atoms with van der Waals surface area (Å²) >= 11 is 0. The summed E-state index contributed by atoms with van der Waals surface area (Å²) in [5.74, 6) is -4.33. The average Bonchev–Trinajstić information content (AvgIpc) is 2.99. The molecule has 0 bridgehead atoms. The van der Waals surface area contributed by atoms with E-state index in [-0.39, 0.29) is 12.8 Å². The number of anilines is 4. The van der Waals surface area contributed by atoms with Crippen molar-refractivity contribution in [2.45, 2.75) is 40.5 Å². The molecule has 0 saturated carbocycles. The third-order valence-corrected chi connectivity index (χ3v) is 7.28. The van der Waals surface area contributed by atoms with Crippen molar-refractivity contribution >= 4 is 46.4 Å². The minimum Gasteiger partial charge on any atom is -0.326 e. The molecule has 0 radical (unpaired) electrons. The smallest absolute Gasteiger partial charge is 0.228 e. The number of benzene rings is 4. The largest absolute Gasteiger partial charge is 0.326 e. The summed E-state index contributed by atoms with van der Waals surface area (Å²) in [5.41, 5.74) is 6.27. The van der Waals surface area contributed by atoms with Crippen molar-refractivity contribution in [2.24, 2.45) is 11.8 Å². The Morgan fingerprint density at radius 2 is 0.636 bits per heavy atom. The average molecular weight is 591 g/mol. The second-order valence-corrected chi connectivity index (χ2v) is 11.2. The van der Waals surface area contributed by atoms with Crippen LogP contribution in [0.25, 0.3) is 0 Å². The van der Waals surface area contributed by atoms with Crippen LogP contribution < -0.4 is 21.3 Å². The molecule has 0 aromatic heterocycles. The first-order valence-corrected chi connectivity index (χ1v) is 14.5. The van der Waals surface area contributed by atoms with Crippen LogP contribution in [0.1, 0.15) is 35.1 Å². The summed E-state index contributed by atoms with van der Waals surface area (Å²) in [6, 6.07) is 29.0. The zero-order chi connectivity index (χ0) is 31.6. The van der Waals surface area contributed by atoms with Crippen molar-refractivity contribution in [3.8, 4) is 0 Å². The van der Waals surface area contributed by atoms with Gasteiger partial charge in [-0.1, -0.05) is 70.8 Å². The van der Waals surface area contributed by atoms with E-state index in [9.17, 15) is 19.2 Å². The lowest BCUT2D eigenvalue weighted by atomic mass is 9.84. The van der Waals surface area contributed by atoms with Crippen molar-refractivity contribution < 1.29 is 19.2 Å². The third kappa shape index (κ3) is 9.39. The van der Waals surface area contributed by atoms with Gasteiger partial charge in [0.1, 0.15) is 0 Å².